The quantitative estimate of drug-likeness (QED) is 0.129. The highest BCUT2D eigenvalue weighted by atomic mass is 16.4. The van der Waals surface area contributed by atoms with Crippen molar-refractivity contribution in [2.24, 2.45) is 17.2 Å². The smallest absolute Gasteiger partial charge is 0.324 e. The fourth-order valence-corrected chi connectivity index (χ4v) is 6.83. The summed E-state index contributed by atoms with van der Waals surface area (Å²) in [4.78, 5) is 55.4. The summed E-state index contributed by atoms with van der Waals surface area (Å²) in [6, 6.07) is 20.4. The molecule has 0 spiro atoms. The molecule has 11 heteroatoms. The lowest BCUT2D eigenvalue weighted by Crippen LogP contribution is -2.55. The summed E-state index contributed by atoms with van der Waals surface area (Å²) in [7, 11) is 0. The second-order valence-electron chi connectivity index (χ2n) is 13.3. The molecule has 0 saturated carbocycles. The lowest BCUT2D eigenvalue weighted by Gasteiger charge is -2.35. The summed E-state index contributed by atoms with van der Waals surface area (Å²) in [6.07, 6.45) is -0.254. The van der Waals surface area contributed by atoms with Crippen molar-refractivity contribution in [3.05, 3.63) is 100 Å². The van der Waals surface area contributed by atoms with Gasteiger partial charge in [-0.25, -0.2) is 0 Å². The van der Waals surface area contributed by atoms with Crippen molar-refractivity contribution in [1.29, 1.82) is 0 Å². The second-order valence-corrected chi connectivity index (χ2v) is 13.3. The van der Waals surface area contributed by atoms with E-state index in [0.717, 1.165) is 38.9 Å². The van der Waals surface area contributed by atoms with Crippen LogP contribution in [0, 0.1) is 13.8 Å². The van der Waals surface area contributed by atoms with E-state index in [1.165, 1.54) is 13.8 Å². The van der Waals surface area contributed by atoms with Gasteiger partial charge < -0.3 is 37.3 Å². The minimum atomic E-state index is -1.86. The number of nitrogens with zero attached hydrogens (tertiary/aromatic N) is 1. The highest BCUT2D eigenvalue weighted by molar-refractivity contribution is 6.20. The van der Waals surface area contributed by atoms with E-state index >= 15 is 0 Å². The largest absolute Gasteiger partial charge is 0.480 e. The number of carboxylic acid groups (broad SMARTS) is 2. The molecule has 48 heavy (non-hydrogen) atoms. The third-order valence-electron chi connectivity index (χ3n) is 9.70. The van der Waals surface area contributed by atoms with Crippen LogP contribution < -0.4 is 22.1 Å². The van der Waals surface area contributed by atoms with Gasteiger partial charge in [-0.15, -0.1) is 0 Å². The Labute approximate surface area is 276 Å². The number of H-pyrrole nitrogens is 1. The van der Waals surface area contributed by atoms with Crippen LogP contribution in [0.3, 0.4) is 0 Å². The zero-order chi connectivity index (χ0) is 34.9. The number of aromatic amines is 1. The standard InChI is InChI=1S/C37H37N5O6/c1-18-8-9-21-17-42(33(44)26(21)14-18)29-7-5-6-22(19(29)2)23-12-13-25(32(38)43)31-30(23)24-11-10-20(15-28(24)41-31)27(37(4,40)35(47)48)16-36(3,39)34(45)46/h5-15,27,41H,16-17,39-40H2,1-4H3,(H2,38,43)(H,45,46)(H,47,48). The van der Waals surface area contributed by atoms with E-state index in [0.29, 0.717) is 34.1 Å². The van der Waals surface area contributed by atoms with E-state index in [-0.39, 0.29) is 17.9 Å². The van der Waals surface area contributed by atoms with Gasteiger partial charge in [0.15, 0.2) is 0 Å². The molecule has 6 rings (SSSR count). The SMILES string of the molecule is Cc1ccc2c(c1)C(=O)N(c1cccc(-c3ccc(C(N)=O)c4[nH]c5cc(C(CC(C)(N)C(=O)O)C(C)(N)C(=O)O)ccc5c34)c1C)C2. The molecule has 2 amide bonds. The molecule has 0 fully saturated rings. The molecular weight excluding hydrogens is 610 g/mol. The van der Waals surface area contributed by atoms with Gasteiger partial charge in [-0.3, -0.25) is 19.2 Å². The van der Waals surface area contributed by atoms with Crippen LogP contribution in [0.2, 0.25) is 0 Å². The number of carbonyl (C=O) groups excluding carboxylic acids is 2. The Morgan fingerprint density at radius 2 is 1.65 bits per heavy atom. The van der Waals surface area contributed by atoms with Crippen LogP contribution in [0.15, 0.2) is 66.7 Å². The van der Waals surface area contributed by atoms with Gasteiger partial charge in [-0.05, 0) is 86.2 Å². The number of fused-ring (bicyclic) bond motifs is 4. The Bertz CT molecular complexity index is 2200. The molecule has 4 aromatic carbocycles. The molecule has 3 unspecified atom stereocenters. The third-order valence-corrected chi connectivity index (χ3v) is 9.70. The predicted octanol–water partition coefficient (Wildman–Crippen LogP) is 4.94. The summed E-state index contributed by atoms with van der Waals surface area (Å²) in [5, 5.41) is 21.2. The molecule has 5 aromatic rings. The van der Waals surface area contributed by atoms with Gasteiger partial charge in [-0.1, -0.05) is 48.0 Å². The fraction of sp³-hybridized carbons (Fsp3) is 0.243. The van der Waals surface area contributed by atoms with Crippen LogP contribution in [-0.2, 0) is 16.1 Å². The summed E-state index contributed by atoms with van der Waals surface area (Å²) >= 11 is 0. The van der Waals surface area contributed by atoms with Crippen molar-refractivity contribution in [3.8, 4) is 11.1 Å². The lowest BCUT2D eigenvalue weighted by molar-refractivity contribution is -0.147. The van der Waals surface area contributed by atoms with Crippen molar-refractivity contribution in [2.75, 3.05) is 4.90 Å². The number of carbonyl (C=O) groups is 4. The first-order valence-corrected chi connectivity index (χ1v) is 15.5. The molecule has 11 nitrogen and oxygen atoms in total. The van der Waals surface area contributed by atoms with Gasteiger partial charge in [0, 0.05) is 33.5 Å². The Morgan fingerprint density at radius 3 is 2.31 bits per heavy atom. The van der Waals surface area contributed by atoms with E-state index < -0.39 is 34.8 Å². The Balaban J connectivity index is 1.53. The number of hydrogen-bond donors (Lipinski definition) is 6. The highest BCUT2D eigenvalue weighted by Gasteiger charge is 2.44. The molecule has 0 aliphatic carbocycles. The van der Waals surface area contributed by atoms with Crippen LogP contribution in [0.25, 0.3) is 32.9 Å². The first-order chi connectivity index (χ1) is 22.5. The molecule has 3 atom stereocenters. The van der Waals surface area contributed by atoms with Crippen LogP contribution in [0.5, 0.6) is 0 Å². The molecule has 1 aromatic heterocycles. The predicted molar refractivity (Wildman–Crippen MR) is 184 cm³/mol. The average molecular weight is 648 g/mol. The number of nitrogens with one attached hydrogen (secondary N) is 1. The zero-order valence-corrected chi connectivity index (χ0v) is 27.0. The number of nitrogens with two attached hydrogens (primary N) is 3. The highest BCUT2D eigenvalue weighted by Crippen LogP contribution is 2.43. The first kappa shape index (κ1) is 32.4. The number of primary amides is 1. The lowest BCUT2D eigenvalue weighted by atomic mass is 9.74. The summed E-state index contributed by atoms with van der Waals surface area (Å²) in [5.41, 5.74) is 22.3. The molecular formula is C37H37N5O6. The maximum Gasteiger partial charge on any atom is 0.324 e. The number of aliphatic carboxylic acids is 2. The Morgan fingerprint density at radius 1 is 0.917 bits per heavy atom. The van der Waals surface area contributed by atoms with E-state index in [9.17, 15) is 29.4 Å². The van der Waals surface area contributed by atoms with Gasteiger partial charge in [0.2, 0.25) is 0 Å². The maximum absolute atomic E-state index is 13.5. The molecule has 0 bridgehead atoms. The average Bonchev–Trinajstić information content (AvgIpc) is 3.56. The topological polar surface area (TPSA) is 206 Å². The number of aromatic nitrogens is 1. The molecule has 0 saturated heterocycles. The van der Waals surface area contributed by atoms with Gasteiger partial charge >= 0.3 is 11.9 Å². The van der Waals surface area contributed by atoms with E-state index in [2.05, 4.69) is 4.98 Å². The van der Waals surface area contributed by atoms with Crippen molar-refractivity contribution in [2.45, 2.75) is 57.7 Å². The minimum absolute atomic E-state index is 0.0675. The van der Waals surface area contributed by atoms with Crippen molar-refractivity contribution in [3.63, 3.8) is 0 Å². The molecule has 1 aliphatic rings. The summed E-state index contributed by atoms with van der Waals surface area (Å²) < 4.78 is 0. The zero-order valence-electron chi connectivity index (χ0n) is 27.0. The van der Waals surface area contributed by atoms with Crippen molar-refractivity contribution >= 4 is 51.2 Å². The Hall–Kier alpha value is -5.52. The number of amides is 2. The van der Waals surface area contributed by atoms with Gasteiger partial charge in [0.25, 0.3) is 11.8 Å². The van der Waals surface area contributed by atoms with Crippen LogP contribution in [0.1, 0.15) is 69.2 Å². The molecule has 9 N–H and O–H groups in total. The van der Waals surface area contributed by atoms with E-state index in [1.54, 1.807) is 29.2 Å². The molecule has 1 aliphatic heterocycles. The van der Waals surface area contributed by atoms with Crippen molar-refractivity contribution < 1.29 is 29.4 Å². The van der Waals surface area contributed by atoms with E-state index in [4.69, 9.17) is 17.2 Å². The van der Waals surface area contributed by atoms with Gasteiger partial charge in [0.05, 0.1) is 17.6 Å². The molecule has 2 heterocycles. The first-order valence-electron chi connectivity index (χ1n) is 15.5. The van der Waals surface area contributed by atoms with E-state index in [1.807, 2.05) is 56.3 Å². The van der Waals surface area contributed by atoms with Crippen LogP contribution in [0.4, 0.5) is 5.69 Å². The fourth-order valence-electron chi connectivity index (χ4n) is 6.83. The maximum atomic E-state index is 13.5. The number of benzene rings is 4. The van der Waals surface area contributed by atoms with Gasteiger partial charge in [-0.2, -0.15) is 0 Å². The van der Waals surface area contributed by atoms with Crippen LogP contribution in [-0.4, -0.2) is 50.0 Å². The Kier molecular flexibility index (Phi) is 7.65. The van der Waals surface area contributed by atoms with Crippen LogP contribution >= 0.6 is 0 Å². The minimum Gasteiger partial charge on any atom is -0.480 e. The molecule has 246 valence electrons. The summed E-state index contributed by atoms with van der Waals surface area (Å²) in [6.45, 7) is 7.01. The second kappa shape index (κ2) is 11.3. The number of rotatable bonds is 9. The molecule has 0 radical (unpaired) electrons. The number of aryl methyl sites for hydroxylation is 1. The number of anilines is 1. The third kappa shape index (κ3) is 5.17. The normalized spacial score (nSPS) is 16.0. The number of hydrogen-bond acceptors (Lipinski definition) is 6. The monoisotopic (exact) mass is 647 g/mol. The summed E-state index contributed by atoms with van der Waals surface area (Å²) in [5.74, 6) is -4.30. The number of carboxylic acids is 2. The van der Waals surface area contributed by atoms with Crippen molar-refractivity contribution in [1.82, 2.24) is 4.98 Å². The van der Waals surface area contributed by atoms with Gasteiger partial charge in [0.1, 0.15) is 11.1 Å².